The van der Waals surface area contributed by atoms with Crippen molar-refractivity contribution >= 4 is 17.5 Å². The molecule has 1 amide bonds. The molecule has 3 saturated carbocycles. The van der Waals surface area contributed by atoms with Crippen molar-refractivity contribution in [3.05, 3.63) is 23.3 Å². The molecule has 4 fully saturated rings. The molecule has 5 nitrogen and oxygen atoms in total. The molecule has 7 atom stereocenters. The van der Waals surface area contributed by atoms with E-state index in [1.165, 1.54) is 0 Å². The van der Waals surface area contributed by atoms with E-state index in [-0.39, 0.29) is 45.7 Å². The van der Waals surface area contributed by atoms with E-state index < -0.39 is 27.2 Å². The average molecular weight is 545 g/mol. The molecular formula is C35H48N2O3. The Balaban J connectivity index is 1.63. The summed E-state index contributed by atoms with van der Waals surface area (Å²) >= 11 is 0. The molecule has 0 aromatic rings. The summed E-state index contributed by atoms with van der Waals surface area (Å²) in [6.45, 7) is 18.3. The van der Waals surface area contributed by atoms with Crippen LogP contribution in [0.2, 0.25) is 0 Å². The van der Waals surface area contributed by atoms with E-state index in [1.54, 1.807) is 0 Å². The van der Waals surface area contributed by atoms with Gasteiger partial charge in [0.05, 0.1) is 11.0 Å². The van der Waals surface area contributed by atoms with E-state index in [2.05, 4.69) is 52.5 Å². The molecule has 40 heavy (non-hydrogen) atoms. The molecule has 6 aliphatic rings. The third-order valence-electron chi connectivity index (χ3n) is 13.9. The fraction of sp³-hybridized carbons (Fsp3) is 0.771. The van der Waals surface area contributed by atoms with Crippen molar-refractivity contribution < 1.29 is 14.4 Å². The van der Waals surface area contributed by atoms with Crippen molar-refractivity contribution in [3.63, 3.8) is 0 Å². The lowest BCUT2D eigenvalue weighted by molar-refractivity contribution is -0.180. The zero-order valence-electron chi connectivity index (χ0n) is 26.0. The van der Waals surface area contributed by atoms with Crippen LogP contribution in [-0.4, -0.2) is 34.5 Å². The third kappa shape index (κ3) is 2.82. The van der Waals surface area contributed by atoms with Gasteiger partial charge in [-0.3, -0.25) is 14.4 Å². The number of hydrogen-bond acceptors (Lipinski definition) is 4. The molecule has 1 aliphatic heterocycles. The number of hydrogen-bond donors (Lipinski definition) is 0. The Morgan fingerprint density at radius 3 is 2.27 bits per heavy atom. The minimum absolute atomic E-state index is 0.0204. The van der Waals surface area contributed by atoms with E-state index >= 15 is 4.79 Å². The molecule has 5 heteroatoms. The van der Waals surface area contributed by atoms with Gasteiger partial charge in [0.2, 0.25) is 5.91 Å². The zero-order valence-corrected chi connectivity index (χ0v) is 26.0. The van der Waals surface area contributed by atoms with E-state index in [0.717, 1.165) is 63.4 Å². The number of allylic oxidation sites excluding steroid dienone is 3. The highest BCUT2D eigenvalue weighted by atomic mass is 16.2. The first-order chi connectivity index (χ1) is 18.5. The SMILES string of the molecule is CCCCN1C(=O)[C@]23CCC(C)(C)C[C@H]2[C@]12C(=O)C=C1[C@@]4(C)C=C(C#N)C(=O)C(C)(C)[C@@H]4CC[C@@]1(C)[C@]2(C)CC3. The maximum Gasteiger partial charge on any atom is 0.230 e. The zero-order chi connectivity index (χ0) is 29.3. The summed E-state index contributed by atoms with van der Waals surface area (Å²) in [6.07, 6.45) is 12.0. The van der Waals surface area contributed by atoms with Crippen LogP contribution in [0.15, 0.2) is 23.3 Å². The van der Waals surface area contributed by atoms with Crippen LogP contribution in [0.25, 0.3) is 0 Å². The second-order valence-corrected chi connectivity index (χ2v) is 16.3. The van der Waals surface area contributed by atoms with Crippen molar-refractivity contribution in [2.75, 3.05) is 6.54 Å². The summed E-state index contributed by atoms with van der Waals surface area (Å²) in [7, 11) is 0. The minimum Gasteiger partial charge on any atom is -0.328 e. The molecular weight excluding hydrogens is 496 g/mol. The molecule has 1 spiro atoms. The smallest absolute Gasteiger partial charge is 0.230 e. The Morgan fingerprint density at radius 1 is 0.950 bits per heavy atom. The standard InChI is InChI=1S/C35H48N2O3/c1-9-10-17-37-28(40)34-15-13-29(2,3)20-25(34)35(37)26(38)18-24-31(6)19-22(21-36)27(39)30(4,5)23(31)11-12-32(24,7)33(35,8)14-16-34/h18-19,23,25H,9-17,20H2,1-8H3/t23-,25+,31-,32+,33-,34-,35+/m0/s1. The Labute approximate surface area is 240 Å². The highest BCUT2D eigenvalue weighted by Gasteiger charge is 2.82. The number of nitrogens with zero attached hydrogens (tertiary/aromatic N) is 2. The highest BCUT2D eigenvalue weighted by molar-refractivity contribution is 6.08. The molecule has 0 radical (unpaired) electrons. The number of fused-ring (bicyclic) bond motifs is 4. The maximum absolute atomic E-state index is 15.2. The predicted molar refractivity (Wildman–Crippen MR) is 155 cm³/mol. The van der Waals surface area contributed by atoms with Gasteiger partial charge >= 0.3 is 0 Å². The van der Waals surface area contributed by atoms with Crippen molar-refractivity contribution in [2.45, 2.75) is 119 Å². The first kappa shape index (κ1) is 27.9. The van der Waals surface area contributed by atoms with Crippen LogP contribution in [-0.2, 0) is 14.4 Å². The van der Waals surface area contributed by atoms with Crippen molar-refractivity contribution in [2.24, 2.45) is 44.3 Å². The number of rotatable bonds is 3. The first-order valence-corrected chi connectivity index (χ1v) is 15.8. The van der Waals surface area contributed by atoms with Gasteiger partial charge in [-0.2, -0.15) is 5.26 Å². The lowest BCUT2D eigenvalue weighted by Gasteiger charge is -2.71. The second kappa shape index (κ2) is 7.99. The van der Waals surface area contributed by atoms with Crippen LogP contribution in [0.1, 0.15) is 113 Å². The van der Waals surface area contributed by atoms with Crippen LogP contribution < -0.4 is 0 Å². The molecule has 2 bridgehead atoms. The van der Waals surface area contributed by atoms with E-state index in [9.17, 15) is 14.9 Å². The highest BCUT2D eigenvalue weighted by Crippen LogP contribution is 2.79. The van der Waals surface area contributed by atoms with E-state index in [0.29, 0.717) is 6.54 Å². The summed E-state index contributed by atoms with van der Waals surface area (Å²) in [4.78, 5) is 45.3. The summed E-state index contributed by atoms with van der Waals surface area (Å²) in [5.41, 5.74) is -1.84. The molecule has 0 aromatic heterocycles. The Morgan fingerprint density at radius 2 is 1.62 bits per heavy atom. The van der Waals surface area contributed by atoms with Crippen LogP contribution in [0.4, 0.5) is 0 Å². The molecule has 0 aromatic carbocycles. The van der Waals surface area contributed by atoms with Crippen molar-refractivity contribution in [3.8, 4) is 6.07 Å². The summed E-state index contributed by atoms with van der Waals surface area (Å²) in [6, 6.07) is 2.21. The lowest BCUT2D eigenvalue weighted by Crippen LogP contribution is -2.74. The number of carbonyl (C=O) groups excluding carboxylic acids is 3. The largest absolute Gasteiger partial charge is 0.328 e. The molecule has 0 unspecified atom stereocenters. The Hall–Kier alpha value is -2.22. The number of Topliss-reactive ketones (excluding diaryl/α,β-unsaturated/α-hetero) is 1. The van der Waals surface area contributed by atoms with Gasteiger partial charge in [0.15, 0.2) is 11.6 Å². The summed E-state index contributed by atoms with van der Waals surface area (Å²) in [5, 5.41) is 9.99. The molecule has 216 valence electrons. The van der Waals surface area contributed by atoms with Crippen LogP contribution >= 0.6 is 0 Å². The summed E-state index contributed by atoms with van der Waals surface area (Å²) in [5.74, 6) is 0.321. The van der Waals surface area contributed by atoms with E-state index in [1.807, 2.05) is 26.0 Å². The monoisotopic (exact) mass is 544 g/mol. The quantitative estimate of drug-likeness (QED) is 0.384. The number of likely N-dealkylation sites (tertiary alicyclic amines) is 1. The molecule has 6 rings (SSSR count). The maximum atomic E-state index is 15.2. The predicted octanol–water partition coefficient (Wildman–Crippen LogP) is 6.97. The van der Waals surface area contributed by atoms with Crippen molar-refractivity contribution in [1.82, 2.24) is 4.90 Å². The van der Waals surface area contributed by atoms with Gasteiger partial charge in [-0.05, 0) is 79.8 Å². The normalized spacial score (nSPS) is 46.4. The number of nitriles is 1. The van der Waals surface area contributed by atoms with Gasteiger partial charge in [0.1, 0.15) is 11.6 Å². The summed E-state index contributed by atoms with van der Waals surface area (Å²) < 4.78 is 0. The average Bonchev–Trinajstić information content (AvgIpc) is 3.03. The molecule has 5 aliphatic carbocycles. The molecule has 1 heterocycles. The van der Waals surface area contributed by atoms with Gasteiger partial charge in [-0.15, -0.1) is 0 Å². The fourth-order valence-corrected chi connectivity index (χ4v) is 11.6. The molecule has 1 saturated heterocycles. The number of unbranched alkanes of at least 4 members (excludes halogenated alkanes) is 1. The van der Waals surface area contributed by atoms with Crippen molar-refractivity contribution in [1.29, 1.82) is 5.26 Å². The number of amides is 1. The van der Waals surface area contributed by atoms with Gasteiger partial charge in [0, 0.05) is 28.7 Å². The third-order valence-corrected chi connectivity index (χ3v) is 13.9. The minimum atomic E-state index is -0.835. The second-order valence-electron chi connectivity index (χ2n) is 16.3. The van der Waals surface area contributed by atoms with Crippen LogP contribution in [0.5, 0.6) is 0 Å². The number of ketones is 2. The topological polar surface area (TPSA) is 78.2 Å². The number of carbonyl (C=O) groups is 3. The Bertz CT molecular complexity index is 1330. The van der Waals surface area contributed by atoms with Crippen LogP contribution in [0, 0.1) is 55.7 Å². The first-order valence-electron chi connectivity index (χ1n) is 15.8. The van der Waals surface area contributed by atoms with Gasteiger partial charge in [-0.25, -0.2) is 0 Å². The lowest BCUT2D eigenvalue weighted by atomic mass is 9.33. The Kier molecular flexibility index (Phi) is 5.58. The van der Waals surface area contributed by atoms with Gasteiger partial charge in [-0.1, -0.05) is 67.9 Å². The molecule has 0 N–H and O–H groups in total. The van der Waals surface area contributed by atoms with Crippen LogP contribution in [0.3, 0.4) is 0 Å². The fourth-order valence-electron chi connectivity index (χ4n) is 11.6. The van der Waals surface area contributed by atoms with E-state index in [4.69, 9.17) is 0 Å². The van der Waals surface area contributed by atoms with Gasteiger partial charge in [0.25, 0.3) is 0 Å². The van der Waals surface area contributed by atoms with Gasteiger partial charge < -0.3 is 4.90 Å².